The van der Waals surface area contributed by atoms with Crippen LogP contribution in [-0.2, 0) is 20.7 Å². The van der Waals surface area contributed by atoms with Crippen molar-refractivity contribution >= 4 is 35.1 Å². The second-order valence-corrected chi connectivity index (χ2v) is 6.44. The van der Waals surface area contributed by atoms with Crippen molar-refractivity contribution in [1.82, 2.24) is 5.32 Å². The van der Waals surface area contributed by atoms with Crippen LogP contribution in [0.15, 0.2) is 18.2 Å². The van der Waals surface area contributed by atoms with Gasteiger partial charge in [-0.25, -0.2) is 4.79 Å². The molecule has 4 nitrogen and oxygen atoms in total. The van der Waals surface area contributed by atoms with Crippen LogP contribution >= 0.6 is 23.2 Å². The largest absolute Gasteiger partial charge is 0.467 e. The third-order valence-corrected chi connectivity index (χ3v) is 4.62. The fourth-order valence-corrected chi connectivity index (χ4v) is 3.36. The minimum atomic E-state index is -0.900. The van der Waals surface area contributed by atoms with Gasteiger partial charge in [0, 0.05) is 10.0 Å². The molecule has 1 saturated carbocycles. The number of benzene rings is 1. The Balaban J connectivity index is 2.09. The fourth-order valence-electron chi connectivity index (χ4n) is 2.88. The lowest BCUT2D eigenvalue weighted by Crippen LogP contribution is -2.56. The average Bonchev–Trinajstić information content (AvgIpc) is 2.50. The fraction of sp³-hybridized carbons (Fsp3) is 0.500. The van der Waals surface area contributed by atoms with Gasteiger partial charge in [-0.2, -0.15) is 0 Å². The first-order chi connectivity index (χ1) is 10.5. The van der Waals surface area contributed by atoms with Gasteiger partial charge >= 0.3 is 5.97 Å². The maximum Gasteiger partial charge on any atom is 0.331 e. The molecule has 1 fully saturated rings. The molecule has 0 aromatic heterocycles. The van der Waals surface area contributed by atoms with E-state index < -0.39 is 5.54 Å². The molecule has 0 aliphatic heterocycles. The molecule has 0 spiro atoms. The highest BCUT2D eigenvalue weighted by atomic mass is 35.5. The van der Waals surface area contributed by atoms with E-state index in [1.807, 2.05) is 0 Å². The van der Waals surface area contributed by atoms with Crippen molar-refractivity contribution in [2.45, 2.75) is 44.1 Å². The summed E-state index contributed by atoms with van der Waals surface area (Å²) in [6.45, 7) is 0. The summed E-state index contributed by atoms with van der Waals surface area (Å²) in [4.78, 5) is 24.4. The SMILES string of the molecule is COC(=O)C1(NC(=O)Cc2ccc(Cl)cc2Cl)CCCCC1. The lowest BCUT2D eigenvalue weighted by atomic mass is 9.81. The standard InChI is InChI=1S/C16H19Cl2NO3/c1-22-15(21)16(7-3-2-4-8-16)19-14(20)9-11-5-6-12(17)10-13(11)18/h5-6,10H,2-4,7-9H2,1H3,(H,19,20). The first kappa shape index (κ1) is 17.1. The van der Waals surface area contributed by atoms with Crippen molar-refractivity contribution < 1.29 is 14.3 Å². The van der Waals surface area contributed by atoms with Crippen molar-refractivity contribution in [1.29, 1.82) is 0 Å². The van der Waals surface area contributed by atoms with Gasteiger partial charge in [-0.3, -0.25) is 4.79 Å². The molecule has 0 bridgehead atoms. The molecule has 1 aromatic rings. The van der Waals surface area contributed by atoms with E-state index in [9.17, 15) is 9.59 Å². The van der Waals surface area contributed by atoms with E-state index in [-0.39, 0.29) is 18.3 Å². The van der Waals surface area contributed by atoms with E-state index in [2.05, 4.69) is 5.32 Å². The first-order valence-corrected chi connectivity index (χ1v) is 8.06. The van der Waals surface area contributed by atoms with Crippen LogP contribution in [0, 0.1) is 0 Å². The summed E-state index contributed by atoms with van der Waals surface area (Å²) >= 11 is 11.9. The molecule has 1 N–H and O–H groups in total. The van der Waals surface area contributed by atoms with E-state index in [0.29, 0.717) is 28.5 Å². The van der Waals surface area contributed by atoms with Crippen LogP contribution in [0.1, 0.15) is 37.7 Å². The Labute approximate surface area is 140 Å². The Morgan fingerprint density at radius 2 is 1.91 bits per heavy atom. The molecule has 0 heterocycles. The number of hydrogen-bond donors (Lipinski definition) is 1. The molecule has 2 rings (SSSR count). The molecule has 1 aromatic carbocycles. The Hall–Kier alpha value is -1.26. The van der Waals surface area contributed by atoms with Gasteiger partial charge < -0.3 is 10.1 Å². The van der Waals surface area contributed by atoms with E-state index in [1.54, 1.807) is 18.2 Å². The lowest BCUT2D eigenvalue weighted by molar-refractivity contribution is -0.152. The van der Waals surface area contributed by atoms with Crippen molar-refractivity contribution in [2.24, 2.45) is 0 Å². The topological polar surface area (TPSA) is 55.4 Å². The maximum atomic E-state index is 12.3. The smallest absolute Gasteiger partial charge is 0.331 e. The monoisotopic (exact) mass is 343 g/mol. The number of methoxy groups -OCH3 is 1. The van der Waals surface area contributed by atoms with Crippen molar-refractivity contribution in [3.05, 3.63) is 33.8 Å². The summed E-state index contributed by atoms with van der Waals surface area (Å²) < 4.78 is 4.89. The number of halogens is 2. The molecule has 6 heteroatoms. The Morgan fingerprint density at radius 3 is 2.50 bits per heavy atom. The number of ether oxygens (including phenoxy) is 1. The van der Waals surface area contributed by atoms with Gasteiger partial charge in [-0.1, -0.05) is 48.5 Å². The molecule has 0 unspecified atom stereocenters. The summed E-state index contributed by atoms with van der Waals surface area (Å²) in [6.07, 6.45) is 4.19. The van der Waals surface area contributed by atoms with Gasteiger partial charge in [0.05, 0.1) is 13.5 Å². The van der Waals surface area contributed by atoms with Crippen molar-refractivity contribution in [3.63, 3.8) is 0 Å². The van der Waals surface area contributed by atoms with E-state index in [4.69, 9.17) is 27.9 Å². The molecule has 120 valence electrons. The molecule has 22 heavy (non-hydrogen) atoms. The van der Waals surface area contributed by atoms with Crippen LogP contribution in [0.4, 0.5) is 0 Å². The molecule has 1 amide bonds. The summed E-state index contributed by atoms with van der Waals surface area (Å²) in [7, 11) is 1.35. The Bertz CT molecular complexity index is 569. The second kappa shape index (κ2) is 7.34. The summed E-state index contributed by atoms with van der Waals surface area (Å²) in [5.41, 5.74) is -0.220. The summed E-state index contributed by atoms with van der Waals surface area (Å²) in [5, 5.41) is 3.83. The van der Waals surface area contributed by atoms with Crippen molar-refractivity contribution in [2.75, 3.05) is 7.11 Å². The predicted octanol–water partition coefficient (Wildman–Crippen LogP) is 3.53. The van der Waals surface area contributed by atoms with Crippen molar-refractivity contribution in [3.8, 4) is 0 Å². The highest BCUT2D eigenvalue weighted by Gasteiger charge is 2.41. The number of carbonyl (C=O) groups excluding carboxylic acids is 2. The highest BCUT2D eigenvalue weighted by molar-refractivity contribution is 6.35. The van der Waals surface area contributed by atoms with E-state index in [1.165, 1.54) is 7.11 Å². The number of esters is 1. The minimum absolute atomic E-state index is 0.106. The van der Waals surface area contributed by atoms with E-state index in [0.717, 1.165) is 19.3 Å². The second-order valence-electron chi connectivity index (χ2n) is 5.60. The van der Waals surface area contributed by atoms with Crippen LogP contribution in [0.3, 0.4) is 0 Å². The average molecular weight is 344 g/mol. The Kier molecular flexibility index (Phi) is 5.70. The zero-order valence-corrected chi connectivity index (χ0v) is 14.0. The molecular weight excluding hydrogens is 325 g/mol. The van der Waals surface area contributed by atoms with Gasteiger partial charge in [0.15, 0.2) is 0 Å². The van der Waals surface area contributed by atoms with E-state index >= 15 is 0 Å². The predicted molar refractivity (Wildman–Crippen MR) is 86.1 cm³/mol. The van der Waals surface area contributed by atoms with Crippen LogP contribution in [0.5, 0.6) is 0 Å². The van der Waals surface area contributed by atoms with Crippen LogP contribution < -0.4 is 5.32 Å². The molecule has 0 saturated heterocycles. The number of carbonyl (C=O) groups is 2. The molecule has 1 aliphatic rings. The highest BCUT2D eigenvalue weighted by Crippen LogP contribution is 2.30. The third-order valence-electron chi connectivity index (χ3n) is 4.03. The van der Waals surface area contributed by atoms with Gasteiger partial charge in [0.2, 0.25) is 5.91 Å². The maximum absolute atomic E-state index is 12.3. The minimum Gasteiger partial charge on any atom is -0.467 e. The van der Waals surface area contributed by atoms with Gasteiger partial charge in [0.25, 0.3) is 0 Å². The van der Waals surface area contributed by atoms with Crippen LogP contribution in [-0.4, -0.2) is 24.5 Å². The van der Waals surface area contributed by atoms with Gasteiger partial charge in [-0.05, 0) is 30.5 Å². The zero-order chi connectivity index (χ0) is 16.2. The van der Waals surface area contributed by atoms with Gasteiger partial charge in [-0.15, -0.1) is 0 Å². The zero-order valence-electron chi connectivity index (χ0n) is 12.5. The number of amides is 1. The molecule has 0 atom stereocenters. The number of rotatable bonds is 4. The number of hydrogen-bond acceptors (Lipinski definition) is 3. The molecule has 1 aliphatic carbocycles. The Morgan fingerprint density at radius 1 is 1.23 bits per heavy atom. The lowest BCUT2D eigenvalue weighted by Gasteiger charge is -2.35. The molecule has 0 radical (unpaired) electrons. The third kappa shape index (κ3) is 3.93. The first-order valence-electron chi connectivity index (χ1n) is 7.30. The normalized spacial score (nSPS) is 16.9. The van der Waals surface area contributed by atoms with Gasteiger partial charge in [0.1, 0.15) is 5.54 Å². The summed E-state index contributed by atoms with van der Waals surface area (Å²) in [6, 6.07) is 5.01. The summed E-state index contributed by atoms with van der Waals surface area (Å²) in [5.74, 6) is -0.612. The van der Waals surface area contributed by atoms with Crippen LogP contribution in [0.2, 0.25) is 10.0 Å². The molecular formula is C16H19Cl2NO3. The number of nitrogens with one attached hydrogen (secondary N) is 1. The quantitative estimate of drug-likeness (QED) is 0.850. The van der Waals surface area contributed by atoms with Crippen LogP contribution in [0.25, 0.3) is 0 Å².